The van der Waals surface area contributed by atoms with Crippen LogP contribution < -0.4 is 0 Å². The number of hydrogen-bond donors (Lipinski definition) is 0. The SMILES string of the molecule is CC(C)C(=O)N(Cc1ccc(F)cc1F)C[C@H]1CC(c2ccc(Cl)cc2)=NO1. The monoisotopic (exact) mass is 406 g/mol. The van der Waals surface area contributed by atoms with Gasteiger partial charge in [-0.3, -0.25) is 4.79 Å². The first-order valence-corrected chi connectivity index (χ1v) is 9.42. The number of hydrogen-bond acceptors (Lipinski definition) is 3. The first-order chi connectivity index (χ1) is 13.3. The second-order valence-electron chi connectivity index (χ2n) is 7.09. The van der Waals surface area contributed by atoms with Gasteiger partial charge in [-0.05, 0) is 23.8 Å². The van der Waals surface area contributed by atoms with Crippen LogP contribution in [0.15, 0.2) is 47.6 Å². The van der Waals surface area contributed by atoms with E-state index in [0.29, 0.717) is 11.4 Å². The van der Waals surface area contributed by atoms with Gasteiger partial charge in [-0.1, -0.05) is 48.8 Å². The number of rotatable bonds is 6. The summed E-state index contributed by atoms with van der Waals surface area (Å²) in [5.74, 6) is -1.72. The molecule has 0 saturated heterocycles. The zero-order valence-corrected chi connectivity index (χ0v) is 16.4. The largest absolute Gasteiger partial charge is 0.390 e. The van der Waals surface area contributed by atoms with E-state index in [1.807, 2.05) is 12.1 Å². The third kappa shape index (κ3) is 4.87. The minimum atomic E-state index is -0.674. The van der Waals surface area contributed by atoms with Crippen LogP contribution in [0.25, 0.3) is 0 Å². The first kappa shape index (κ1) is 20.3. The fraction of sp³-hybridized carbons (Fsp3) is 0.333. The first-order valence-electron chi connectivity index (χ1n) is 9.05. The fourth-order valence-corrected chi connectivity index (χ4v) is 3.16. The summed E-state index contributed by atoms with van der Waals surface area (Å²) in [6.07, 6.45) is 0.187. The molecule has 0 bridgehead atoms. The third-order valence-electron chi connectivity index (χ3n) is 4.52. The van der Waals surface area contributed by atoms with Crippen molar-refractivity contribution in [3.63, 3.8) is 0 Å². The van der Waals surface area contributed by atoms with E-state index in [1.54, 1.807) is 26.0 Å². The number of amides is 1. The van der Waals surface area contributed by atoms with Gasteiger partial charge >= 0.3 is 0 Å². The Morgan fingerprint density at radius 1 is 1.25 bits per heavy atom. The van der Waals surface area contributed by atoms with Crippen LogP contribution in [-0.2, 0) is 16.2 Å². The van der Waals surface area contributed by atoms with E-state index in [2.05, 4.69) is 5.16 Å². The Kier molecular flexibility index (Phi) is 6.29. The normalized spacial score (nSPS) is 16.1. The van der Waals surface area contributed by atoms with Crippen LogP contribution in [0.4, 0.5) is 8.78 Å². The lowest BCUT2D eigenvalue weighted by atomic mass is 10.0. The molecule has 1 aliphatic rings. The van der Waals surface area contributed by atoms with Gasteiger partial charge in [0.25, 0.3) is 0 Å². The molecule has 1 atom stereocenters. The van der Waals surface area contributed by atoms with Crippen molar-refractivity contribution in [2.75, 3.05) is 6.54 Å². The highest BCUT2D eigenvalue weighted by Crippen LogP contribution is 2.21. The summed E-state index contributed by atoms with van der Waals surface area (Å²) in [7, 11) is 0. The van der Waals surface area contributed by atoms with E-state index in [-0.39, 0.29) is 36.6 Å². The van der Waals surface area contributed by atoms with E-state index in [4.69, 9.17) is 16.4 Å². The summed E-state index contributed by atoms with van der Waals surface area (Å²) in [6, 6.07) is 10.6. The summed E-state index contributed by atoms with van der Waals surface area (Å²) in [5.41, 5.74) is 1.93. The Bertz CT molecular complexity index is 884. The smallest absolute Gasteiger partial charge is 0.225 e. The highest BCUT2D eigenvalue weighted by atomic mass is 35.5. The molecule has 0 fully saturated rings. The van der Waals surface area contributed by atoms with E-state index in [1.165, 1.54) is 17.0 Å². The molecule has 7 heteroatoms. The molecule has 1 amide bonds. The molecule has 1 heterocycles. The maximum Gasteiger partial charge on any atom is 0.225 e. The Hall–Kier alpha value is -2.47. The Labute approximate surface area is 167 Å². The lowest BCUT2D eigenvalue weighted by Crippen LogP contribution is -2.39. The van der Waals surface area contributed by atoms with Gasteiger partial charge in [0.1, 0.15) is 11.6 Å². The van der Waals surface area contributed by atoms with Gasteiger partial charge in [0.05, 0.1) is 12.3 Å². The molecule has 1 aliphatic heterocycles. The number of oxime groups is 1. The zero-order chi connectivity index (χ0) is 20.3. The molecule has 0 unspecified atom stereocenters. The lowest BCUT2D eigenvalue weighted by molar-refractivity contribution is -0.137. The van der Waals surface area contributed by atoms with Gasteiger partial charge < -0.3 is 9.74 Å². The minimum absolute atomic E-state index is 0.0409. The van der Waals surface area contributed by atoms with Gasteiger partial charge in [0.15, 0.2) is 6.10 Å². The minimum Gasteiger partial charge on any atom is -0.390 e. The van der Waals surface area contributed by atoms with Gasteiger partial charge in [-0.15, -0.1) is 0 Å². The van der Waals surface area contributed by atoms with Gasteiger partial charge in [-0.2, -0.15) is 0 Å². The summed E-state index contributed by atoms with van der Waals surface area (Å²) < 4.78 is 27.2. The molecule has 0 saturated carbocycles. The van der Waals surface area contributed by atoms with Crippen LogP contribution in [0, 0.1) is 17.6 Å². The van der Waals surface area contributed by atoms with Crippen molar-refractivity contribution in [2.24, 2.45) is 11.1 Å². The fourth-order valence-electron chi connectivity index (χ4n) is 3.04. The van der Waals surface area contributed by atoms with E-state index in [9.17, 15) is 13.6 Å². The molecule has 0 N–H and O–H groups in total. The molecular weight excluding hydrogens is 386 g/mol. The summed E-state index contributed by atoms with van der Waals surface area (Å²) >= 11 is 5.91. The highest BCUT2D eigenvalue weighted by Gasteiger charge is 2.28. The van der Waals surface area contributed by atoms with Crippen molar-refractivity contribution in [2.45, 2.75) is 32.9 Å². The Morgan fingerprint density at radius 2 is 1.96 bits per heavy atom. The van der Waals surface area contributed by atoms with Crippen LogP contribution in [0.5, 0.6) is 0 Å². The molecule has 0 aliphatic carbocycles. The third-order valence-corrected chi connectivity index (χ3v) is 4.77. The number of halogens is 3. The molecule has 28 heavy (non-hydrogen) atoms. The highest BCUT2D eigenvalue weighted by molar-refractivity contribution is 6.30. The zero-order valence-electron chi connectivity index (χ0n) is 15.7. The average molecular weight is 407 g/mol. The van der Waals surface area contributed by atoms with Crippen LogP contribution in [0.1, 0.15) is 31.4 Å². The van der Waals surface area contributed by atoms with Gasteiger partial charge in [0, 0.05) is 35.5 Å². The predicted octanol–water partition coefficient (Wildman–Crippen LogP) is 4.80. The maximum absolute atomic E-state index is 14.1. The molecule has 2 aromatic carbocycles. The van der Waals surface area contributed by atoms with E-state index < -0.39 is 11.6 Å². The number of nitrogens with zero attached hydrogens (tertiary/aromatic N) is 2. The number of carbonyl (C=O) groups is 1. The number of benzene rings is 2. The number of carbonyl (C=O) groups excluding carboxylic acids is 1. The summed E-state index contributed by atoms with van der Waals surface area (Å²) in [4.78, 5) is 19.7. The second kappa shape index (κ2) is 8.69. The Balaban J connectivity index is 1.70. The molecule has 148 valence electrons. The molecule has 4 nitrogen and oxygen atoms in total. The predicted molar refractivity (Wildman–Crippen MR) is 104 cm³/mol. The Morgan fingerprint density at radius 3 is 2.61 bits per heavy atom. The lowest BCUT2D eigenvalue weighted by Gasteiger charge is -2.26. The van der Waals surface area contributed by atoms with Crippen molar-refractivity contribution in [1.29, 1.82) is 0 Å². The second-order valence-corrected chi connectivity index (χ2v) is 7.52. The van der Waals surface area contributed by atoms with Gasteiger partial charge in [0.2, 0.25) is 5.91 Å². The molecule has 0 spiro atoms. The average Bonchev–Trinajstić information content (AvgIpc) is 3.11. The van der Waals surface area contributed by atoms with Crippen molar-refractivity contribution < 1.29 is 18.4 Å². The summed E-state index contributed by atoms with van der Waals surface area (Å²) in [6.45, 7) is 3.86. The van der Waals surface area contributed by atoms with E-state index in [0.717, 1.165) is 17.3 Å². The molecule has 2 aromatic rings. The van der Waals surface area contributed by atoms with Crippen LogP contribution in [-0.4, -0.2) is 29.2 Å². The molecule has 0 aromatic heterocycles. The van der Waals surface area contributed by atoms with Crippen LogP contribution in [0.3, 0.4) is 0 Å². The van der Waals surface area contributed by atoms with E-state index >= 15 is 0 Å². The van der Waals surface area contributed by atoms with Gasteiger partial charge in [-0.25, -0.2) is 8.78 Å². The van der Waals surface area contributed by atoms with Crippen molar-refractivity contribution in [3.8, 4) is 0 Å². The quantitative estimate of drug-likeness (QED) is 0.691. The molecular formula is C21H21ClF2N2O2. The van der Waals surface area contributed by atoms with Crippen LogP contribution >= 0.6 is 11.6 Å². The summed E-state index contributed by atoms with van der Waals surface area (Å²) in [5, 5.41) is 4.76. The van der Waals surface area contributed by atoms with Crippen molar-refractivity contribution in [1.82, 2.24) is 4.90 Å². The topological polar surface area (TPSA) is 41.9 Å². The molecule has 0 radical (unpaired) electrons. The van der Waals surface area contributed by atoms with Crippen LogP contribution in [0.2, 0.25) is 5.02 Å². The van der Waals surface area contributed by atoms with Crippen molar-refractivity contribution >= 4 is 23.2 Å². The standard InChI is InChI=1S/C21H21ClF2N2O2/c1-13(2)21(27)26(11-15-5-8-17(23)9-19(15)24)12-18-10-20(25-28-18)14-3-6-16(22)7-4-14/h3-9,13,18H,10-12H2,1-2H3/t18-/m1/s1. The molecule has 3 rings (SSSR count). The maximum atomic E-state index is 14.1. The van der Waals surface area contributed by atoms with Crippen molar-refractivity contribution in [3.05, 3.63) is 70.2 Å².